The molecule has 0 fully saturated rings. The van der Waals surface area contributed by atoms with Crippen molar-refractivity contribution in [2.24, 2.45) is 0 Å². The summed E-state index contributed by atoms with van der Waals surface area (Å²) < 4.78 is 36.7. The number of rotatable bonds is 6. The lowest BCUT2D eigenvalue weighted by molar-refractivity contribution is 0.270. The Labute approximate surface area is 104 Å². The van der Waals surface area contributed by atoms with Crippen molar-refractivity contribution in [2.75, 3.05) is 18.3 Å². The SMILES string of the molecule is CCOP(=S)(Nc1ccc(F)cc1F)OCC. The molecule has 0 aromatic heterocycles. The minimum Gasteiger partial charge on any atom is -0.314 e. The van der Waals surface area contributed by atoms with E-state index in [2.05, 4.69) is 5.09 Å². The first-order valence-corrected chi connectivity index (χ1v) is 7.77. The predicted molar refractivity (Wildman–Crippen MR) is 67.5 cm³/mol. The lowest BCUT2D eigenvalue weighted by Gasteiger charge is -2.22. The number of hydrogen-bond donors (Lipinski definition) is 1. The van der Waals surface area contributed by atoms with Gasteiger partial charge in [0, 0.05) is 6.07 Å². The van der Waals surface area contributed by atoms with Gasteiger partial charge in [-0.3, -0.25) is 0 Å². The molecule has 3 nitrogen and oxygen atoms in total. The molecule has 0 saturated heterocycles. The number of hydrogen-bond acceptors (Lipinski definition) is 3. The lowest BCUT2D eigenvalue weighted by Crippen LogP contribution is -2.06. The maximum atomic E-state index is 13.4. The van der Waals surface area contributed by atoms with Crippen molar-refractivity contribution in [1.29, 1.82) is 0 Å². The fourth-order valence-electron chi connectivity index (χ4n) is 1.17. The first kappa shape index (κ1) is 14.5. The molecule has 7 heteroatoms. The molecule has 96 valence electrons. The van der Waals surface area contributed by atoms with Gasteiger partial charge in [-0.05, 0) is 37.8 Å². The second kappa shape index (κ2) is 6.40. The Bertz CT molecular complexity index is 421. The number of benzene rings is 1. The van der Waals surface area contributed by atoms with Crippen LogP contribution in [0, 0.1) is 11.6 Å². The number of nitrogens with one attached hydrogen (secondary N) is 1. The molecule has 0 aliphatic rings. The monoisotopic (exact) mass is 281 g/mol. The highest BCUT2D eigenvalue weighted by atomic mass is 32.5. The average molecular weight is 281 g/mol. The zero-order chi connectivity index (χ0) is 12.9. The third-order valence-electron chi connectivity index (χ3n) is 1.79. The van der Waals surface area contributed by atoms with Crippen molar-refractivity contribution in [1.82, 2.24) is 0 Å². The topological polar surface area (TPSA) is 30.5 Å². The van der Waals surface area contributed by atoms with Crippen LogP contribution in [0.1, 0.15) is 13.8 Å². The van der Waals surface area contributed by atoms with Crippen molar-refractivity contribution in [3.05, 3.63) is 29.8 Å². The van der Waals surface area contributed by atoms with Crippen LogP contribution in [0.15, 0.2) is 18.2 Å². The fourth-order valence-corrected chi connectivity index (χ4v) is 3.46. The van der Waals surface area contributed by atoms with Crippen LogP contribution in [0.25, 0.3) is 0 Å². The molecular weight excluding hydrogens is 267 g/mol. The molecule has 1 rings (SSSR count). The summed E-state index contributed by atoms with van der Waals surface area (Å²) in [5.41, 5.74) is 0.0802. The maximum absolute atomic E-state index is 13.4. The molecule has 0 amide bonds. The average Bonchev–Trinajstić information content (AvgIpc) is 2.23. The normalized spacial score (nSPS) is 11.5. The van der Waals surface area contributed by atoms with E-state index in [0.717, 1.165) is 12.1 Å². The van der Waals surface area contributed by atoms with Gasteiger partial charge in [-0.2, -0.15) is 0 Å². The molecule has 0 saturated carbocycles. The summed E-state index contributed by atoms with van der Waals surface area (Å²) in [6.45, 7) is 1.48. The second-order valence-corrected chi connectivity index (χ2v) is 6.25. The van der Waals surface area contributed by atoms with E-state index in [4.69, 9.17) is 20.9 Å². The largest absolute Gasteiger partial charge is 0.314 e. The number of anilines is 1. The summed E-state index contributed by atoms with van der Waals surface area (Å²) in [5.74, 6) is -1.37. The second-order valence-electron chi connectivity index (χ2n) is 3.07. The van der Waals surface area contributed by atoms with Crippen LogP contribution in [-0.4, -0.2) is 13.2 Å². The molecule has 0 spiro atoms. The molecular formula is C10H14F2NO2PS. The van der Waals surface area contributed by atoms with Gasteiger partial charge in [0.25, 0.3) is 6.64 Å². The molecule has 0 bridgehead atoms. The minimum absolute atomic E-state index is 0.0802. The van der Waals surface area contributed by atoms with E-state index in [9.17, 15) is 8.78 Å². The van der Waals surface area contributed by atoms with Crippen molar-refractivity contribution in [3.63, 3.8) is 0 Å². The zero-order valence-electron chi connectivity index (χ0n) is 9.57. The number of halogens is 2. The Kier molecular flexibility index (Phi) is 5.46. The van der Waals surface area contributed by atoms with Gasteiger partial charge in [-0.25, -0.2) is 8.78 Å². The molecule has 1 aromatic carbocycles. The van der Waals surface area contributed by atoms with Crippen molar-refractivity contribution >= 4 is 24.1 Å². The summed E-state index contributed by atoms with van der Waals surface area (Å²) >= 11 is 5.17. The summed E-state index contributed by atoms with van der Waals surface area (Å²) in [6.07, 6.45) is 0. The Morgan fingerprint density at radius 3 is 2.29 bits per heavy atom. The summed E-state index contributed by atoms with van der Waals surface area (Å²) in [6, 6.07) is 3.19. The first-order valence-electron chi connectivity index (χ1n) is 5.13. The van der Waals surface area contributed by atoms with Crippen LogP contribution < -0.4 is 5.09 Å². The molecule has 0 heterocycles. The fraction of sp³-hybridized carbons (Fsp3) is 0.400. The van der Waals surface area contributed by atoms with Gasteiger partial charge in [0.2, 0.25) is 0 Å². The smallest absolute Gasteiger partial charge is 0.287 e. The van der Waals surface area contributed by atoms with E-state index in [0.29, 0.717) is 13.2 Å². The Balaban J connectivity index is 2.89. The minimum atomic E-state index is -2.76. The van der Waals surface area contributed by atoms with Crippen molar-refractivity contribution in [2.45, 2.75) is 13.8 Å². The highest BCUT2D eigenvalue weighted by Crippen LogP contribution is 2.48. The zero-order valence-corrected chi connectivity index (χ0v) is 11.3. The first-order chi connectivity index (χ1) is 8.00. The van der Waals surface area contributed by atoms with Crippen LogP contribution in [-0.2, 0) is 20.9 Å². The summed E-state index contributed by atoms with van der Waals surface area (Å²) in [5, 5.41) is 2.69. The van der Waals surface area contributed by atoms with E-state index in [1.165, 1.54) is 6.07 Å². The van der Waals surface area contributed by atoms with E-state index < -0.39 is 18.3 Å². The van der Waals surface area contributed by atoms with Gasteiger partial charge in [-0.15, -0.1) is 0 Å². The highest BCUT2D eigenvalue weighted by molar-refractivity contribution is 8.10. The molecule has 0 unspecified atom stereocenters. The summed E-state index contributed by atoms with van der Waals surface area (Å²) in [7, 11) is 0. The third kappa shape index (κ3) is 4.32. The molecule has 17 heavy (non-hydrogen) atoms. The van der Waals surface area contributed by atoms with Gasteiger partial charge in [0.15, 0.2) is 0 Å². The predicted octanol–water partition coefficient (Wildman–Crippen LogP) is 3.67. The van der Waals surface area contributed by atoms with Crippen LogP contribution in [0.5, 0.6) is 0 Å². The van der Waals surface area contributed by atoms with Gasteiger partial charge in [0.05, 0.1) is 18.9 Å². The molecule has 1 N–H and O–H groups in total. The Morgan fingerprint density at radius 1 is 1.24 bits per heavy atom. The molecule has 0 aliphatic heterocycles. The van der Waals surface area contributed by atoms with Gasteiger partial charge in [0.1, 0.15) is 11.6 Å². The van der Waals surface area contributed by atoms with Crippen LogP contribution in [0.2, 0.25) is 0 Å². The Morgan fingerprint density at radius 2 is 1.82 bits per heavy atom. The maximum Gasteiger partial charge on any atom is 0.287 e. The van der Waals surface area contributed by atoms with Crippen LogP contribution in [0.3, 0.4) is 0 Å². The van der Waals surface area contributed by atoms with Gasteiger partial charge in [-0.1, -0.05) is 0 Å². The lowest BCUT2D eigenvalue weighted by atomic mass is 10.3. The van der Waals surface area contributed by atoms with Crippen LogP contribution >= 0.6 is 6.64 Å². The highest BCUT2D eigenvalue weighted by Gasteiger charge is 2.19. The third-order valence-corrected chi connectivity index (χ3v) is 4.40. The quantitative estimate of drug-likeness (QED) is 0.806. The molecule has 0 radical (unpaired) electrons. The molecule has 1 aromatic rings. The van der Waals surface area contributed by atoms with Crippen molar-refractivity contribution < 1.29 is 17.8 Å². The van der Waals surface area contributed by atoms with E-state index >= 15 is 0 Å². The van der Waals surface area contributed by atoms with E-state index in [1.54, 1.807) is 13.8 Å². The van der Waals surface area contributed by atoms with E-state index in [-0.39, 0.29) is 5.69 Å². The standard InChI is InChI=1S/C10H14F2NO2PS/c1-3-14-16(17,15-4-2)13-10-6-5-8(11)7-9(10)12/h5-7H,3-4H2,1-2H3,(H,13,17). The van der Waals surface area contributed by atoms with Crippen LogP contribution in [0.4, 0.5) is 14.5 Å². The summed E-state index contributed by atoms with van der Waals surface area (Å²) in [4.78, 5) is 0. The van der Waals surface area contributed by atoms with E-state index in [1.807, 2.05) is 0 Å². The van der Waals surface area contributed by atoms with Gasteiger partial charge < -0.3 is 14.1 Å². The van der Waals surface area contributed by atoms with Crippen molar-refractivity contribution in [3.8, 4) is 0 Å². The Hall–Kier alpha value is -0.550. The molecule has 0 aliphatic carbocycles. The van der Waals surface area contributed by atoms with Gasteiger partial charge >= 0.3 is 0 Å². The molecule has 0 atom stereocenters.